The van der Waals surface area contributed by atoms with Crippen LogP contribution in [-0.2, 0) is 4.79 Å². The third kappa shape index (κ3) is 5.23. The van der Waals surface area contributed by atoms with Gasteiger partial charge in [0.2, 0.25) is 5.91 Å². The van der Waals surface area contributed by atoms with Gasteiger partial charge in [-0.25, -0.2) is 4.79 Å². The van der Waals surface area contributed by atoms with Crippen LogP contribution in [0.2, 0.25) is 0 Å². The van der Waals surface area contributed by atoms with Gasteiger partial charge in [-0.2, -0.15) is 0 Å². The maximum absolute atomic E-state index is 13.2. The molecule has 2 N–H and O–H groups in total. The molecule has 0 bridgehead atoms. The number of carbonyl (C=O) groups excluding carboxylic acids is 3. The summed E-state index contributed by atoms with van der Waals surface area (Å²) in [5.74, 6) is 1.76. The van der Waals surface area contributed by atoms with Crippen LogP contribution in [0.4, 0.5) is 10.5 Å². The first kappa shape index (κ1) is 22.6. The number of amides is 4. The first-order chi connectivity index (χ1) is 15.5. The molecule has 0 radical (unpaired) electrons. The summed E-state index contributed by atoms with van der Waals surface area (Å²) in [7, 11) is 1.53. The molecule has 0 saturated carbocycles. The summed E-state index contributed by atoms with van der Waals surface area (Å²) in [6, 6.07) is 4.69. The summed E-state index contributed by atoms with van der Waals surface area (Å²) in [6.07, 6.45) is 7.48. The third-order valence-corrected chi connectivity index (χ3v) is 7.11. The molecule has 3 aliphatic rings. The van der Waals surface area contributed by atoms with Crippen LogP contribution >= 0.6 is 0 Å². The van der Waals surface area contributed by atoms with Crippen molar-refractivity contribution in [3.63, 3.8) is 0 Å². The van der Waals surface area contributed by atoms with Gasteiger partial charge in [-0.05, 0) is 68.8 Å². The van der Waals surface area contributed by atoms with Gasteiger partial charge in [-0.1, -0.05) is 12.8 Å². The number of methoxy groups -OCH3 is 1. The molecule has 174 valence electrons. The Balaban J connectivity index is 1.36. The van der Waals surface area contributed by atoms with Crippen LogP contribution in [-0.4, -0.2) is 62.6 Å². The zero-order valence-corrected chi connectivity index (χ0v) is 18.9. The number of benzene rings is 1. The van der Waals surface area contributed by atoms with E-state index in [0.717, 1.165) is 44.9 Å². The van der Waals surface area contributed by atoms with E-state index < -0.39 is 6.03 Å². The monoisotopic (exact) mass is 442 g/mol. The number of ether oxygens (including phenoxy) is 1. The Hall–Kier alpha value is -2.61. The lowest BCUT2D eigenvalue weighted by Crippen LogP contribution is -2.49. The van der Waals surface area contributed by atoms with Crippen molar-refractivity contribution in [3.05, 3.63) is 23.8 Å². The molecule has 0 unspecified atom stereocenters. The number of nitrogens with one attached hydrogen (secondary N) is 2. The number of likely N-dealkylation sites (tertiary alicyclic amines) is 1. The van der Waals surface area contributed by atoms with E-state index in [1.54, 1.807) is 18.2 Å². The quantitative estimate of drug-likeness (QED) is 0.707. The van der Waals surface area contributed by atoms with E-state index in [9.17, 15) is 14.4 Å². The lowest BCUT2D eigenvalue weighted by Gasteiger charge is -2.33. The Bertz CT molecular complexity index is 844. The zero-order chi connectivity index (χ0) is 22.5. The van der Waals surface area contributed by atoms with Crippen molar-refractivity contribution in [2.75, 3.05) is 44.7 Å². The first-order valence-corrected chi connectivity index (χ1v) is 11.8. The Morgan fingerprint density at radius 2 is 1.72 bits per heavy atom. The zero-order valence-electron chi connectivity index (χ0n) is 18.9. The molecule has 3 fully saturated rings. The van der Waals surface area contributed by atoms with E-state index in [1.807, 2.05) is 4.90 Å². The van der Waals surface area contributed by atoms with Gasteiger partial charge in [-0.15, -0.1) is 0 Å². The number of urea groups is 1. The SMILES string of the molecule is COc1ccc(C(=O)N2CCC(CCC3CCNCC3)CC2)cc1N1CCC(=O)NC1=O. The standard InChI is InChI=1S/C24H34N4O4/c1-32-21-5-4-19(16-20(21)28-15-10-22(29)26-24(28)31)23(30)27-13-8-18(9-14-27)3-2-17-6-11-25-12-7-17/h4-5,16-18,25H,2-3,6-15H2,1H3,(H,26,29,31). The predicted molar refractivity (Wildman–Crippen MR) is 122 cm³/mol. The number of piperidine rings is 2. The molecule has 32 heavy (non-hydrogen) atoms. The van der Waals surface area contributed by atoms with E-state index >= 15 is 0 Å². The number of hydrogen-bond acceptors (Lipinski definition) is 5. The van der Waals surface area contributed by atoms with Crippen molar-refractivity contribution in [1.82, 2.24) is 15.5 Å². The summed E-state index contributed by atoms with van der Waals surface area (Å²) in [4.78, 5) is 40.4. The van der Waals surface area contributed by atoms with Crippen molar-refractivity contribution >= 4 is 23.5 Å². The highest BCUT2D eigenvalue weighted by atomic mass is 16.5. The Labute approximate surface area is 189 Å². The fourth-order valence-electron chi connectivity index (χ4n) is 5.08. The minimum atomic E-state index is -0.487. The highest BCUT2D eigenvalue weighted by Crippen LogP contribution is 2.32. The molecule has 0 aliphatic carbocycles. The predicted octanol–water partition coefficient (Wildman–Crippen LogP) is 2.77. The van der Waals surface area contributed by atoms with Crippen molar-refractivity contribution in [1.29, 1.82) is 0 Å². The molecular formula is C24H34N4O4. The minimum Gasteiger partial charge on any atom is -0.495 e. The molecule has 3 heterocycles. The highest BCUT2D eigenvalue weighted by molar-refractivity contribution is 6.07. The summed E-state index contributed by atoms with van der Waals surface area (Å²) in [5.41, 5.74) is 1.05. The Morgan fingerprint density at radius 3 is 2.38 bits per heavy atom. The van der Waals surface area contributed by atoms with Crippen LogP contribution in [0.3, 0.4) is 0 Å². The molecule has 0 atom stereocenters. The fraction of sp³-hybridized carbons (Fsp3) is 0.625. The molecular weight excluding hydrogens is 408 g/mol. The van der Waals surface area contributed by atoms with Crippen LogP contribution in [0.1, 0.15) is 55.3 Å². The highest BCUT2D eigenvalue weighted by Gasteiger charge is 2.29. The second kappa shape index (κ2) is 10.3. The van der Waals surface area contributed by atoms with Crippen LogP contribution in [0.25, 0.3) is 0 Å². The number of anilines is 1. The molecule has 4 rings (SSSR count). The molecule has 0 aromatic heterocycles. The van der Waals surface area contributed by atoms with Crippen molar-refractivity contribution < 1.29 is 19.1 Å². The van der Waals surface area contributed by atoms with Gasteiger partial charge in [0, 0.05) is 31.6 Å². The van der Waals surface area contributed by atoms with Crippen molar-refractivity contribution in [3.8, 4) is 5.75 Å². The van der Waals surface area contributed by atoms with Crippen molar-refractivity contribution in [2.24, 2.45) is 11.8 Å². The number of hydrogen-bond donors (Lipinski definition) is 2. The fourth-order valence-corrected chi connectivity index (χ4v) is 5.08. The molecule has 4 amide bonds. The van der Waals surface area contributed by atoms with Crippen LogP contribution in [0.5, 0.6) is 5.75 Å². The van der Waals surface area contributed by atoms with Gasteiger partial charge in [0.15, 0.2) is 0 Å². The third-order valence-electron chi connectivity index (χ3n) is 7.11. The molecule has 1 aromatic rings. The molecule has 3 aliphatic heterocycles. The minimum absolute atomic E-state index is 0.0146. The number of carbonyl (C=O) groups is 3. The van der Waals surface area contributed by atoms with Gasteiger partial charge in [0.25, 0.3) is 5.91 Å². The Morgan fingerprint density at radius 1 is 1.03 bits per heavy atom. The molecule has 0 spiro atoms. The largest absolute Gasteiger partial charge is 0.495 e. The smallest absolute Gasteiger partial charge is 0.328 e. The second-order valence-electron chi connectivity index (χ2n) is 9.15. The molecule has 1 aromatic carbocycles. The number of nitrogens with zero attached hydrogens (tertiary/aromatic N) is 2. The van der Waals surface area contributed by atoms with E-state index in [4.69, 9.17) is 4.74 Å². The average molecular weight is 443 g/mol. The molecule has 8 nitrogen and oxygen atoms in total. The van der Waals surface area contributed by atoms with Gasteiger partial charge in [0.05, 0.1) is 12.8 Å². The lowest BCUT2D eigenvalue weighted by atomic mass is 9.85. The van der Waals surface area contributed by atoms with Gasteiger partial charge in [-0.3, -0.25) is 19.8 Å². The Kier molecular flexibility index (Phi) is 7.29. The molecule has 8 heteroatoms. The topological polar surface area (TPSA) is 91.0 Å². The van der Waals surface area contributed by atoms with Gasteiger partial charge >= 0.3 is 6.03 Å². The van der Waals surface area contributed by atoms with Gasteiger partial charge < -0.3 is 15.0 Å². The van der Waals surface area contributed by atoms with E-state index in [1.165, 1.54) is 37.7 Å². The van der Waals surface area contributed by atoms with Crippen LogP contribution in [0.15, 0.2) is 18.2 Å². The van der Waals surface area contributed by atoms with Crippen molar-refractivity contribution in [2.45, 2.75) is 44.9 Å². The van der Waals surface area contributed by atoms with E-state index in [-0.39, 0.29) is 24.8 Å². The van der Waals surface area contributed by atoms with E-state index in [2.05, 4.69) is 10.6 Å². The summed E-state index contributed by atoms with van der Waals surface area (Å²) in [5, 5.41) is 5.76. The lowest BCUT2D eigenvalue weighted by molar-refractivity contribution is -0.120. The van der Waals surface area contributed by atoms with E-state index in [0.29, 0.717) is 22.9 Å². The maximum Gasteiger partial charge on any atom is 0.328 e. The maximum atomic E-state index is 13.2. The average Bonchev–Trinajstić information content (AvgIpc) is 2.83. The van der Waals surface area contributed by atoms with Gasteiger partial charge in [0.1, 0.15) is 5.75 Å². The normalized spacial score (nSPS) is 20.9. The first-order valence-electron chi connectivity index (χ1n) is 11.8. The summed E-state index contributed by atoms with van der Waals surface area (Å²) < 4.78 is 5.41. The summed E-state index contributed by atoms with van der Waals surface area (Å²) >= 11 is 0. The molecule has 3 saturated heterocycles. The van der Waals surface area contributed by atoms with Crippen LogP contribution in [0, 0.1) is 11.8 Å². The number of rotatable bonds is 6. The second-order valence-corrected chi connectivity index (χ2v) is 9.15. The van der Waals surface area contributed by atoms with Crippen LogP contribution < -0.4 is 20.3 Å². The number of imide groups is 1. The summed E-state index contributed by atoms with van der Waals surface area (Å²) in [6.45, 7) is 4.11.